The predicted molar refractivity (Wildman–Crippen MR) is 47.4 cm³/mol. The van der Waals surface area contributed by atoms with Gasteiger partial charge in [0.25, 0.3) is 5.56 Å². The highest BCUT2D eigenvalue weighted by atomic mass is 32.2. The Morgan fingerprint density at radius 3 is 2.69 bits per heavy atom. The minimum atomic E-state index is -0.466. The smallest absolute Gasteiger partial charge is 0.300 e. The van der Waals surface area contributed by atoms with Crippen LogP contribution < -0.4 is 16.4 Å². The van der Waals surface area contributed by atoms with Crippen molar-refractivity contribution in [2.45, 2.75) is 5.16 Å². The SMILES string of the molecule is NSc1nc2[nH]c(=O)[nH]c2c(=O)[nH]1. The molecule has 2 aromatic rings. The quantitative estimate of drug-likeness (QED) is 0.343. The van der Waals surface area contributed by atoms with Crippen molar-refractivity contribution in [1.82, 2.24) is 19.9 Å². The van der Waals surface area contributed by atoms with Gasteiger partial charge in [0.2, 0.25) is 0 Å². The third-order valence-corrected chi connectivity index (χ3v) is 1.90. The van der Waals surface area contributed by atoms with E-state index < -0.39 is 11.2 Å². The Morgan fingerprint density at radius 1 is 1.23 bits per heavy atom. The average Bonchev–Trinajstić information content (AvgIpc) is 2.46. The second-order valence-corrected chi connectivity index (χ2v) is 2.91. The van der Waals surface area contributed by atoms with Crippen LogP contribution in [0.5, 0.6) is 0 Å². The van der Waals surface area contributed by atoms with Crippen LogP contribution in [0.15, 0.2) is 14.7 Å². The number of hydrogen-bond donors (Lipinski definition) is 4. The van der Waals surface area contributed by atoms with Crippen molar-refractivity contribution in [2.24, 2.45) is 5.14 Å². The number of nitrogens with zero attached hydrogens (tertiary/aromatic N) is 1. The molecule has 0 aliphatic heterocycles. The molecule has 0 fully saturated rings. The average molecular weight is 199 g/mol. The van der Waals surface area contributed by atoms with Crippen LogP contribution in [0, 0.1) is 0 Å². The molecule has 7 nitrogen and oxygen atoms in total. The molecule has 8 heteroatoms. The van der Waals surface area contributed by atoms with Gasteiger partial charge in [0.05, 0.1) is 0 Å². The summed E-state index contributed by atoms with van der Waals surface area (Å²) in [7, 11) is 0. The minimum Gasteiger partial charge on any atom is -0.300 e. The maximum Gasteiger partial charge on any atom is 0.325 e. The maximum absolute atomic E-state index is 11.2. The highest BCUT2D eigenvalue weighted by Crippen LogP contribution is 2.03. The molecule has 2 aromatic heterocycles. The van der Waals surface area contributed by atoms with Crippen molar-refractivity contribution < 1.29 is 0 Å². The van der Waals surface area contributed by atoms with Gasteiger partial charge < -0.3 is 0 Å². The fourth-order valence-corrected chi connectivity index (χ4v) is 1.26. The lowest BCUT2D eigenvalue weighted by molar-refractivity contribution is 0.966. The molecule has 13 heavy (non-hydrogen) atoms. The summed E-state index contributed by atoms with van der Waals surface area (Å²) in [6.45, 7) is 0. The highest BCUT2D eigenvalue weighted by molar-refractivity contribution is 7.96. The normalized spacial score (nSPS) is 10.8. The van der Waals surface area contributed by atoms with Gasteiger partial charge in [-0.25, -0.2) is 9.78 Å². The zero-order valence-electron chi connectivity index (χ0n) is 6.25. The molecule has 0 aromatic carbocycles. The fraction of sp³-hybridized carbons (Fsp3) is 0. The van der Waals surface area contributed by atoms with Gasteiger partial charge >= 0.3 is 5.69 Å². The predicted octanol–water partition coefficient (Wildman–Crippen LogP) is -1.09. The first-order valence-corrected chi connectivity index (χ1v) is 4.17. The second-order valence-electron chi connectivity index (χ2n) is 2.29. The molecule has 0 amide bonds. The summed E-state index contributed by atoms with van der Waals surface area (Å²) in [4.78, 5) is 33.0. The van der Waals surface area contributed by atoms with E-state index >= 15 is 0 Å². The van der Waals surface area contributed by atoms with Crippen molar-refractivity contribution >= 4 is 23.1 Å². The van der Waals surface area contributed by atoms with E-state index in [0.29, 0.717) is 0 Å². The van der Waals surface area contributed by atoms with Gasteiger partial charge in [0.1, 0.15) is 0 Å². The second kappa shape index (κ2) is 2.75. The van der Waals surface area contributed by atoms with Crippen molar-refractivity contribution in [1.29, 1.82) is 0 Å². The first kappa shape index (κ1) is 8.08. The third kappa shape index (κ3) is 1.25. The van der Waals surface area contributed by atoms with Crippen LogP contribution in [0.3, 0.4) is 0 Å². The van der Waals surface area contributed by atoms with Crippen LogP contribution in [0.25, 0.3) is 11.2 Å². The summed E-state index contributed by atoms with van der Waals surface area (Å²) in [6, 6.07) is 0. The highest BCUT2D eigenvalue weighted by Gasteiger charge is 2.05. The molecule has 0 bridgehead atoms. The molecule has 0 atom stereocenters. The van der Waals surface area contributed by atoms with Crippen molar-refractivity contribution in [3.8, 4) is 0 Å². The molecular weight excluding hydrogens is 194 g/mol. The number of rotatable bonds is 1. The van der Waals surface area contributed by atoms with E-state index in [0.717, 1.165) is 11.9 Å². The minimum absolute atomic E-state index is 0.128. The Balaban J connectivity index is 2.91. The summed E-state index contributed by atoms with van der Waals surface area (Å²) in [5, 5.41) is 5.46. The topological polar surface area (TPSA) is 120 Å². The molecule has 0 radical (unpaired) electrons. The van der Waals surface area contributed by atoms with Crippen molar-refractivity contribution in [2.75, 3.05) is 0 Å². The van der Waals surface area contributed by atoms with E-state index in [2.05, 4.69) is 19.9 Å². The molecule has 0 aliphatic carbocycles. The summed E-state index contributed by atoms with van der Waals surface area (Å²) >= 11 is 0.804. The molecule has 0 saturated heterocycles. The molecule has 68 valence electrons. The van der Waals surface area contributed by atoms with E-state index in [1.807, 2.05) is 0 Å². The molecule has 0 unspecified atom stereocenters. The van der Waals surface area contributed by atoms with Gasteiger partial charge in [-0.3, -0.25) is 24.9 Å². The number of imidazole rings is 1. The number of hydrogen-bond acceptors (Lipinski definition) is 5. The van der Waals surface area contributed by atoms with Gasteiger partial charge in [-0.1, -0.05) is 0 Å². The summed E-state index contributed by atoms with van der Waals surface area (Å²) in [5.74, 6) is 0. The van der Waals surface area contributed by atoms with Gasteiger partial charge in [0.15, 0.2) is 16.3 Å². The largest absolute Gasteiger partial charge is 0.325 e. The van der Waals surface area contributed by atoms with E-state index in [1.165, 1.54) is 0 Å². The monoisotopic (exact) mass is 199 g/mol. The van der Waals surface area contributed by atoms with Crippen LogP contribution in [-0.2, 0) is 0 Å². The van der Waals surface area contributed by atoms with Gasteiger partial charge in [-0.15, -0.1) is 0 Å². The standard InChI is InChI=1S/C5H5N5O2S/c6-13-5-9-2-1(3(11)10-5)7-4(12)8-2/h6H2,(H3,7,8,9,10,11,12). The molecule has 0 saturated carbocycles. The van der Waals surface area contributed by atoms with E-state index in [-0.39, 0.29) is 16.3 Å². The van der Waals surface area contributed by atoms with Crippen LogP contribution in [-0.4, -0.2) is 19.9 Å². The van der Waals surface area contributed by atoms with Gasteiger partial charge in [-0.05, 0) is 11.9 Å². The maximum atomic E-state index is 11.2. The number of nitrogens with two attached hydrogens (primary N) is 1. The Labute approximate surface area is 74.9 Å². The van der Waals surface area contributed by atoms with Crippen molar-refractivity contribution in [3.05, 3.63) is 20.8 Å². The van der Waals surface area contributed by atoms with Crippen LogP contribution in [0.1, 0.15) is 0 Å². The van der Waals surface area contributed by atoms with Gasteiger partial charge in [0, 0.05) is 0 Å². The lowest BCUT2D eigenvalue weighted by Gasteiger charge is -1.92. The number of aromatic amines is 3. The third-order valence-electron chi connectivity index (χ3n) is 1.48. The van der Waals surface area contributed by atoms with Crippen LogP contribution in [0.2, 0.25) is 0 Å². The molecule has 2 rings (SSSR count). The Hall–Kier alpha value is -1.54. The van der Waals surface area contributed by atoms with E-state index in [4.69, 9.17) is 5.14 Å². The summed E-state index contributed by atoms with van der Waals surface area (Å²) < 4.78 is 0. The first-order chi connectivity index (χ1) is 6.20. The Morgan fingerprint density at radius 2 is 2.00 bits per heavy atom. The Kier molecular flexibility index (Phi) is 1.71. The lowest BCUT2D eigenvalue weighted by Crippen LogP contribution is -2.10. The number of fused-ring (bicyclic) bond motifs is 1. The zero-order valence-corrected chi connectivity index (χ0v) is 7.07. The number of H-pyrrole nitrogens is 3. The van der Waals surface area contributed by atoms with E-state index in [1.54, 1.807) is 0 Å². The molecule has 0 aliphatic rings. The van der Waals surface area contributed by atoms with Crippen molar-refractivity contribution in [3.63, 3.8) is 0 Å². The number of nitrogens with one attached hydrogen (secondary N) is 3. The fourth-order valence-electron chi connectivity index (χ4n) is 0.967. The summed E-state index contributed by atoms with van der Waals surface area (Å²) in [5.41, 5.74) is -0.548. The lowest BCUT2D eigenvalue weighted by atomic mass is 10.6. The molecule has 2 heterocycles. The zero-order chi connectivity index (χ0) is 9.42. The Bertz CT molecular complexity index is 552. The number of aromatic nitrogens is 4. The molecular formula is C5H5N5O2S. The van der Waals surface area contributed by atoms with Gasteiger partial charge in [-0.2, -0.15) is 0 Å². The summed E-state index contributed by atoms with van der Waals surface area (Å²) in [6.07, 6.45) is 0. The first-order valence-electron chi connectivity index (χ1n) is 3.30. The van der Waals surface area contributed by atoms with Crippen LogP contribution in [0.4, 0.5) is 0 Å². The van der Waals surface area contributed by atoms with Crippen LogP contribution >= 0.6 is 11.9 Å². The molecule has 5 N–H and O–H groups in total. The van der Waals surface area contributed by atoms with E-state index in [9.17, 15) is 9.59 Å². The molecule has 0 spiro atoms.